The minimum absolute atomic E-state index is 0.136. The third kappa shape index (κ3) is 3.97. The molecule has 100 valence electrons. The second kappa shape index (κ2) is 6.17. The number of ether oxygens (including phenoxy) is 1. The molecule has 1 aromatic heterocycles. The van der Waals surface area contributed by atoms with Gasteiger partial charge in [-0.15, -0.1) is 0 Å². The first-order valence-corrected chi connectivity index (χ1v) is 6.35. The molecule has 0 aromatic carbocycles. The van der Waals surface area contributed by atoms with Gasteiger partial charge < -0.3 is 15.4 Å². The topological polar surface area (TPSA) is 67.5 Å². The van der Waals surface area contributed by atoms with E-state index in [1.165, 1.54) is 0 Å². The van der Waals surface area contributed by atoms with Crippen molar-refractivity contribution in [2.24, 2.45) is 0 Å². The number of rotatable bonds is 4. The second-order valence-corrected chi connectivity index (χ2v) is 4.77. The van der Waals surface area contributed by atoms with Gasteiger partial charge in [-0.25, -0.2) is 4.98 Å². The average molecular weight is 272 g/mol. The summed E-state index contributed by atoms with van der Waals surface area (Å²) in [6.45, 7) is 5.82. The number of hydrogen-bond acceptors (Lipinski definition) is 6. The Balaban J connectivity index is 1.74. The van der Waals surface area contributed by atoms with Crippen LogP contribution in [0.4, 0.5) is 5.95 Å². The van der Waals surface area contributed by atoms with Gasteiger partial charge >= 0.3 is 0 Å². The van der Waals surface area contributed by atoms with Crippen LogP contribution >= 0.6 is 11.6 Å². The van der Waals surface area contributed by atoms with Crippen molar-refractivity contribution in [1.82, 2.24) is 19.8 Å². The van der Waals surface area contributed by atoms with E-state index in [0.29, 0.717) is 17.6 Å². The van der Waals surface area contributed by atoms with Crippen molar-refractivity contribution in [2.75, 3.05) is 52.1 Å². The lowest BCUT2D eigenvalue weighted by atomic mass is 10.3. The third-order valence-corrected chi connectivity index (χ3v) is 3.14. The maximum atomic E-state index is 5.77. The molecule has 1 aromatic rings. The SMILES string of the molecule is CN1CCN(CCOc2cc(Cl)nc(N)n2)CC1. The molecule has 0 bridgehead atoms. The summed E-state index contributed by atoms with van der Waals surface area (Å²) in [5, 5.41) is 0.303. The monoisotopic (exact) mass is 271 g/mol. The first-order valence-electron chi connectivity index (χ1n) is 5.97. The van der Waals surface area contributed by atoms with E-state index in [9.17, 15) is 0 Å². The van der Waals surface area contributed by atoms with E-state index in [0.717, 1.165) is 32.7 Å². The predicted molar refractivity (Wildman–Crippen MR) is 70.9 cm³/mol. The molecule has 18 heavy (non-hydrogen) atoms. The maximum Gasteiger partial charge on any atom is 0.224 e. The van der Waals surface area contributed by atoms with Gasteiger partial charge in [0.25, 0.3) is 0 Å². The van der Waals surface area contributed by atoms with Crippen LogP contribution in [0.5, 0.6) is 5.88 Å². The molecule has 6 nitrogen and oxygen atoms in total. The fourth-order valence-corrected chi connectivity index (χ4v) is 2.02. The van der Waals surface area contributed by atoms with Gasteiger partial charge in [0.1, 0.15) is 11.8 Å². The Morgan fingerprint density at radius 2 is 2.06 bits per heavy atom. The number of nitrogens with zero attached hydrogens (tertiary/aromatic N) is 4. The Labute approximate surface area is 112 Å². The highest BCUT2D eigenvalue weighted by Gasteiger charge is 2.13. The fourth-order valence-electron chi connectivity index (χ4n) is 1.84. The molecule has 0 saturated carbocycles. The van der Waals surface area contributed by atoms with Crippen LogP contribution in [0, 0.1) is 0 Å². The van der Waals surface area contributed by atoms with Crippen LogP contribution in [-0.4, -0.2) is 66.1 Å². The summed E-state index contributed by atoms with van der Waals surface area (Å²) in [5.41, 5.74) is 5.49. The number of likely N-dealkylation sites (N-methyl/N-ethyl adjacent to an activating group) is 1. The van der Waals surface area contributed by atoms with E-state index < -0.39 is 0 Å². The number of nitrogen functional groups attached to an aromatic ring is 1. The lowest BCUT2D eigenvalue weighted by Crippen LogP contribution is -2.45. The number of hydrogen-bond donors (Lipinski definition) is 1. The van der Waals surface area contributed by atoms with Gasteiger partial charge in [0.2, 0.25) is 11.8 Å². The van der Waals surface area contributed by atoms with Gasteiger partial charge in [-0.2, -0.15) is 4.98 Å². The Hall–Kier alpha value is -1.11. The van der Waals surface area contributed by atoms with Crippen molar-refractivity contribution in [1.29, 1.82) is 0 Å². The zero-order chi connectivity index (χ0) is 13.0. The standard InChI is InChI=1S/C11H18ClN5O/c1-16-2-4-17(5-3-16)6-7-18-10-8-9(12)14-11(13)15-10/h8H,2-7H2,1H3,(H2,13,14,15). The van der Waals surface area contributed by atoms with Crippen LogP contribution in [-0.2, 0) is 0 Å². The minimum Gasteiger partial charge on any atom is -0.476 e. The fraction of sp³-hybridized carbons (Fsp3) is 0.636. The van der Waals surface area contributed by atoms with E-state index in [2.05, 4.69) is 26.8 Å². The molecule has 2 heterocycles. The van der Waals surface area contributed by atoms with E-state index in [-0.39, 0.29) is 5.95 Å². The van der Waals surface area contributed by atoms with Crippen molar-refractivity contribution in [3.8, 4) is 5.88 Å². The molecule has 1 aliphatic heterocycles. The zero-order valence-corrected chi connectivity index (χ0v) is 11.2. The van der Waals surface area contributed by atoms with Crippen molar-refractivity contribution >= 4 is 17.5 Å². The summed E-state index contributed by atoms with van der Waals surface area (Å²) >= 11 is 5.77. The molecule has 0 atom stereocenters. The average Bonchev–Trinajstić information content (AvgIpc) is 2.30. The molecular weight excluding hydrogens is 254 g/mol. The Morgan fingerprint density at radius 1 is 1.33 bits per heavy atom. The first-order chi connectivity index (χ1) is 8.63. The van der Waals surface area contributed by atoms with Crippen molar-refractivity contribution < 1.29 is 4.74 Å². The molecule has 0 aliphatic carbocycles. The molecule has 2 rings (SSSR count). The Kier molecular flexibility index (Phi) is 4.57. The molecule has 1 fully saturated rings. The summed E-state index contributed by atoms with van der Waals surface area (Å²) in [6, 6.07) is 1.57. The van der Waals surface area contributed by atoms with Crippen LogP contribution < -0.4 is 10.5 Å². The molecule has 0 amide bonds. The molecule has 2 N–H and O–H groups in total. The van der Waals surface area contributed by atoms with Crippen LogP contribution in [0.25, 0.3) is 0 Å². The third-order valence-electron chi connectivity index (χ3n) is 2.94. The maximum absolute atomic E-state index is 5.77. The van der Waals surface area contributed by atoms with Gasteiger partial charge in [-0.3, -0.25) is 4.90 Å². The van der Waals surface area contributed by atoms with Crippen molar-refractivity contribution in [3.05, 3.63) is 11.2 Å². The second-order valence-electron chi connectivity index (χ2n) is 4.38. The normalized spacial score (nSPS) is 17.9. The summed E-state index contributed by atoms with van der Waals surface area (Å²) in [4.78, 5) is 12.4. The zero-order valence-electron chi connectivity index (χ0n) is 10.5. The quantitative estimate of drug-likeness (QED) is 0.797. The number of anilines is 1. The van der Waals surface area contributed by atoms with E-state index >= 15 is 0 Å². The predicted octanol–water partition coefficient (Wildman–Crippen LogP) is 0.338. The van der Waals surface area contributed by atoms with Crippen LogP contribution in [0.3, 0.4) is 0 Å². The van der Waals surface area contributed by atoms with E-state index in [1.54, 1.807) is 6.07 Å². The summed E-state index contributed by atoms with van der Waals surface area (Å²) < 4.78 is 5.53. The molecule has 0 unspecified atom stereocenters. The molecular formula is C11H18ClN5O. The number of nitrogens with two attached hydrogens (primary N) is 1. The number of aromatic nitrogens is 2. The van der Waals surface area contributed by atoms with Gasteiger partial charge in [-0.05, 0) is 7.05 Å². The summed E-state index contributed by atoms with van der Waals surface area (Å²) in [7, 11) is 2.14. The lowest BCUT2D eigenvalue weighted by Gasteiger charge is -2.32. The minimum atomic E-state index is 0.136. The van der Waals surface area contributed by atoms with Gasteiger partial charge in [-0.1, -0.05) is 11.6 Å². The van der Waals surface area contributed by atoms with Gasteiger partial charge in [0.05, 0.1) is 0 Å². The number of piperazine rings is 1. The van der Waals surface area contributed by atoms with Crippen LogP contribution in [0.1, 0.15) is 0 Å². The van der Waals surface area contributed by atoms with E-state index in [1.807, 2.05) is 0 Å². The molecule has 0 radical (unpaired) electrons. The summed E-state index contributed by atoms with van der Waals surface area (Å²) in [6.07, 6.45) is 0. The lowest BCUT2D eigenvalue weighted by molar-refractivity contribution is 0.132. The molecule has 1 aliphatic rings. The largest absolute Gasteiger partial charge is 0.476 e. The highest BCUT2D eigenvalue weighted by molar-refractivity contribution is 6.29. The van der Waals surface area contributed by atoms with Gasteiger partial charge in [0.15, 0.2) is 0 Å². The van der Waals surface area contributed by atoms with Crippen LogP contribution in [0.15, 0.2) is 6.07 Å². The first kappa shape index (κ1) is 13.3. The van der Waals surface area contributed by atoms with Gasteiger partial charge in [0, 0.05) is 38.8 Å². The van der Waals surface area contributed by atoms with E-state index in [4.69, 9.17) is 22.1 Å². The molecule has 0 spiro atoms. The molecule has 1 saturated heterocycles. The molecule has 7 heteroatoms. The van der Waals surface area contributed by atoms with Crippen molar-refractivity contribution in [2.45, 2.75) is 0 Å². The van der Waals surface area contributed by atoms with Crippen LogP contribution in [0.2, 0.25) is 5.15 Å². The van der Waals surface area contributed by atoms with Crippen molar-refractivity contribution in [3.63, 3.8) is 0 Å². The smallest absolute Gasteiger partial charge is 0.224 e. The highest BCUT2D eigenvalue weighted by Crippen LogP contribution is 2.14. The summed E-state index contributed by atoms with van der Waals surface area (Å²) in [5.74, 6) is 0.568. The Bertz CT molecular complexity index is 375. The number of halogens is 1. The highest BCUT2D eigenvalue weighted by atomic mass is 35.5. The Morgan fingerprint density at radius 3 is 2.72 bits per heavy atom.